The van der Waals surface area contributed by atoms with E-state index in [1.807, 2.05) is 18.2 Å². The van der Waals surface area contributed by atoms with Crippen LogP contribution in [0.5, 0.6) is 0 Å². The molecule has 3 nitrogen and oxygen atoms in total. The summed E-state index contributed by atoms with van der Waals surface area (Å²) in [5.74, 6) is 0.800. The van der Waals surface area contributed by atoms with Crippen molar-refractivity contribution in [1.82, 2.24) is 10.3 Å². The Morgan fingerprint density at radius 3 is 3.06 bits per heavy atom. The summed E-state index contributed by atoms with van der Waals surface area (Å²) < 4.78 is 5.83. The van der Waals surface area contributed by atoms with Crippen LogP contribution in [0.2, 0.25) is 5.02 Å². The molecule has 1 unspecified atom stereocenters. The maximum absolute atomic E-state index is 5.96. The van der Waals surface area contributed by atoms with Gasteiger partial charge in [-0.15, -0.1) is 0 Å². The Labute approximate surface area is 112 Å². The van der Waals surface area contributed by atoms with Gasteiger partial charge in [0, 0.05) is 5.02 Å². The van der Waals surface area contributed by atoms with E-state index in [2.05, 4.69) is 10.3 Å². The summed E-state index contributed by atoms with van der Waals surface area (Å²) in [6, 6.07) is 5.82. The number of fused-ring (bicyclic) bond motifs is 1. The molecule has 2 heterocycles. The van der Waals surface area contributed by atoms with E-state index in [0.717, 1.165) is 30.0 Å². The summed E-state index contributed by atoms with van der Waals surface area (Å²) >= 11 is 5.96. The average molecular weight is 265 g/mol. The van der Waals surface area contributed by atoms with Crippen molar-refractivity contribution in [3.05, 3.63) is 29.1 Å². The zero-order valence-corrected chi connectivity index (χ0v) is 11.0. The van der Waals surface area contributed by atoms with Crippen LogP contribution in [0.3, 0.4) is 0 Å². The minimum Gasteiger partial charge on any atom is -0.439 e. The highest BCUT2D eigenvalue weighted by molar-refractivity contribution is 6.31. The lowest BCUT2D eigenvalue weighted by Gasteiger charge is -2.18. The Balaban J connectivity index is 1.87. The highest BCUT2D eigenvalue weighted by atomic mass is 35.5. The van der Waals surface area contributed by atoms with Gasteiger partial charge in [-0.25, -0.2) is 4.98 Å². The normalized spacial score (nSPS) is 21.7. The van der Waals surface area contributed by atoms with Crippen molar-refractivity contribution in [2.75, 3.05) is 6.54 Å². The van der Waals surface area contributed by atoms with Crippen molar-refractivity contribution < 1.29 is 4.42 Å². The van der Waals surface area contributed by atoms with Gasteiger partial charge >= 0.3 is 0 Å². The van der Waals surface area contributed by atoms with Crippen LogP contribution in [0.15, 0.2) is 22.6 Å². The maximum Gasteiger partial charge on any atom is 0.212 e. The van der Waals surface area contributed by atoms with Crippen LogP contribution in [0.25, 0.3) is 11.1 Å². The minimum absolute atomic E-state index is 0.247. The first-order valence-corrected chi connectivity index (χ1v) is 7.00. The first-order chi connectivity index (χ1) is 8.83. The number of nitrogens with one attached hydrogen (secondary N) is 1. The number of hydrogen-bond acceptors (Lipinski definition) is 3. The van der Waals surface area contributed by atoms with Crippen LogP contribution in [-0.4, -0.2) is 11.5 Å². The summed E-state index contributed by atoms with van der Waals surface area (Å²) in [4.78, 5) is 4.56. The van der Waals surface area contributed by atoms with Gasteiger partial charge in [-0.3, -0.25) is 0 Å². The molecular formula is C14H17ClN2O. The monoisotopic (exact) mass is 264 g/mol. The molecule has 1 aliphatic heterocycles. The van der Waals surface area contributed by atoms with Crippen LogP contribution in [0, 0.1) is 0 Å². The molecule has 0 spiro atoms. The largest absolute Gasteiger partial charge is 0.439 e. The molecule has 96 valence electrons. The van der Waals surface area contributed by atoms with Crippen LogP contribution in [0.4, 0.5) is 0 Å². The molecule has 3 rings (SSSR count). The van der Waals surface area contributed by atoms with Crippen molar-refractivity contribution in [1.29, 1.82) is 0 Å². The standard InChI is InChI=1S/C14H17ClN2O/c15-10-6-7-13-12(9-10)17-14(18-13)11-5-3-1-2-4-8-16-11/h6-7,9,11,16H,1-5,8H2. The molecule has 1 saturated heterocycles. The Morgan fingerprint density at radius 2 is 2.11 bits per heavy atom. The molecule has 0 bridgehead atoms. The lowest BCUT2D eigenvalue weighted by Crippen LogP contribution is -2.24. The zero-order valence-electron chi connectivity index (χ0n) is 10.3. The van der Waals surface area contributed by atoms with Gasteiger partial charge in [-0.1, -0.05) is 30.9 Å². The molecule has 1 aromatic carbocycles. The van der Waals surface area contributed by atoms with Crippen LogP contribution in [-0.2, 0) is 0 Å². The molecule has 0 aliphatic carbocycles. The molecule has 2 aromatic rings. The molecule has 0 amide bonds. The van der Waals surface area contributed by atoms with Crippen LogP contribution < -0.4 is 5.32 Å². The number of hydrogen-bond donors (Lipinski definition) is 1. The molecule has 0 saturated carbocycles. The van der Waals surface area contributed by atoms with Crippen molar-refractivity contribution in [2.24, 2.45) is 0 Å². The molecule has 1 aromatic heterocycles. The number of nitrogens with zero attached hydrogens (tertiary/aromatic N) is 1. The second-order valence-corrected chi connectivity index (χ2v) is 5.31. The fraction of sp³-hybridized carbons (Fsp3) is 0.500. The molecular weight excluding hydrogens is 248 g/mol. The third-order valence-electron chi connectivity index (χ3n) is 3.47. The van der Waals surface area contributed by atoms with E-state index in [1.165, 1.54) is 25.7 Å². The summed E-state index contributed by atoms with van der Waals surface area (Å²) in [7, 11) is 0. The summed E-state index contributed by atoms with van der Waals surface area (Å²) in [6.07, 6.45) is 6.20. The van der Waals surface area contributed by atoms with Crippen molar-refractivity contribution >= 4 is 22.7 Å². The smallest absolute Gasteiger partial charge is 0.212 e. The highest BCUT2D eigenvalue weighted by Crippen LogP contribution is 2.26. The number of halogens is 1. The van der Waals surface area contributed by atoms with Gasteiger partial charge in [0.25, 0.3) is 0 Å². The van der Waals surface area contributed by atoms with E-state index in [9.17, 15) is 0 Å². The fourth-order valence-electron chi connectivity index (χ4n) is 2.48. The Hall–Kier alpha value is -1.06. The Bertz CT molecular complexity index is 530. The van der Waals surface area contributed by atoms with Crippen LogP contribution in [0.1, 0.15) is 44.0 Å². The number of benzene rings is 1. The highest BCUT2D eigenvalue weighted by Gasteiger charge is 2.18. The second kappa shape index (κ2) is 5.29. The predicted molar refractivity (Wildman–Crippen MR) is 72.8 cm³/mol. The van der Waals surface area contributed by atoms with Gasteiger partial charge in [0.15, 0.2) is 5.58 Å². The molecule has 0 radical (unpaired) electrons. The second-order valence-electron chi connectivity index (χ2n) is 4.87. The molecule has 1 atom stereocenters. The fourth-order valence-corrected chi connectivity index (χ4v) is 2.65. The third kappa shape index (κ3) is 2.52. The van der Waals surface area contributed by atoms with Crippen molar-refractivity contribution in [3.63, 3.8) is 0 Å². The van der Waals surface area contributed by atoms with Gasteiger partial charge in [0.2, 0.25) is 5.89 Å². The van der Waals surface area contributed by atoms with E-state index >= 15 is 0 Å². The zero-order chi connectivity index (χ0) is 12.4. The van der Waals surface area contributed by atoms with Gasteiger partial charge in [0.05, 0.1) is 6.04 Å². The van der Waals surface area contributed by atoms with E-state index in [1.54, 1.807) is 0 Å². The molecule has 1 fully saturated rings. The third-order valence-corrected chi connectivity index (χ3v) is 3.71. The van der Waals surface area contributed by atoms with Gasteiger partial charge in [-0.2, -0.15) is 0 Å². The Kier molecular flexibility index (Phi) is 3.52. The molecule has 18 heavy (non-hydrogen) atoms. The lowest BCUT2D eigenvalue weighted by atomic mass is 10.0. The summed E-state index contributed by atoms with van der Waals surface area (Å²) in [5.41, 5.74) is 1.67. The predicted octanol–water partition coefficient (Wildman–Crippen LogP) is 4.08. The minimum atomic E-state index is 0.247. The SMILES string of the molecule is Clc1ccc2oc(C3CCCCCCN3)nc2c1. The number of aromatic nitrogens is 1. The number of rotatable bonds is 1. The average Bonchev–Trinajstić information content (AvgIpc) is 2.71. The number of oxazole rings is 1. The van der Waals surface area contributed by atoms with Crippen molar-refractivity contribution in [3.8, 4) is 0 Å². The van der Waals surface area contributed by atoms with Crippen LogP contribution >= 0.6 is 11.6 Å². The maximum atomic E-state index is 5.96. The van der Waals surface area contributed by atoms with Gasteiger partial charge < -0.3 is 9.73 Å². The van der Waals surface area contributed by atoms with Crippen molar-refractivity contribution in [2.45, 2.75) is 38.1 Å². The summed E-state index contributed by atoms with van der Waals surface area (Å²) in [5, 5.41) is 4.23. The van der Waals surface area contributed by atoms with Gasteiger partial charge in [-0.05, 0) is 37.6 Å². The van der Waals surface area contributed by atoms with E-state index in [0.29, 0.717) is 5.02 Å². The van der Waals surface area contributed by atoms with E-state index in [-0.39, 0.29) is 6.04 Å². The molecule has 4 heteroatoms. The van der Waals surface area contributed by atoms with E-state index < -0.39 is 0 Å². The molecule has 1 aliphatic rings. The molecule has 1 N–H and O–H groups in total. The first-order valence-electron chi connectivity index (χ1n) is 6.62. The first kappa shape index (κ1) is 12.0. The van der Waals surface area contributed by atoms with Gasteiger partial charge in [0.1, 0.15) is 5.52 Å². The topological polar surface area (TPSA) is 38.1 Å². The van der Waals surface area contributed by atoms with E-state index in [4.69, 9.17) is 16.0 Å². The lowest BCUT2D eigenvalue weighted by molar-refractivity contribution is 0.362. The quantitative estimate of drug-likeness (QED) is 0.844. The Morgan fingerprint density at radius 1 is 1.22 bits per heavy atom. The summed E-state index contributed by atoms with van der Waals surface area (Å²) in [6.45, 7) is 1.05.